The molecule has 0 aliphatic heterocycles. The predicted octanol–water partition coefficient (Wildman–Crippen LogP) is 4.16. The van der Waals surface area contributed by atoms with Crippen LogP contribution in [0.3, 0.4) is 0 Å². The van der Waals surface area contributed by atoms with Crippen LogP contribution in [0, 0.1) is 11.6 Å². The molecule has 30 heavy (non-hydrogen) atoms. The van der Waals surface area contributed by atoms with Crippen molar-refractivity contribution in [2.45, 2.75) is 19.6 Å². The third kappa shape index (κ3) is 6.50. The molecule has 0 fully saturated rings. The molecule has 2 rings (SSSR count). The number of ether oxygens (including phenoxy) is 3. The lowest BCUT2D eigenvalue weighted by molar-refractivity contribution is -0.148. The van der Waals surface area contributed by atoms with E-state index in [-0.39, 0.29) is 11.5 Å². The second-order valence-corrected chi connectivity index (χ2v) is 5.81. The molecule has 0 saturated heterocycles. The van der Waals surface area contributed by atoms with Gasteiger partial charge in [-0.2, -0.15) is 8.78 Å². The van der Waals surface area contributed by atoms with Crippen LogP contribution < -0.4 is 14.8 Å². The van der Waals surface area contributed by atoms with Crippen LogP contribution in [0.5, 0.6) is 11.5 Å². The standard InChI is InChI=1S/C20H17F4NO5/c1-11(19(27)25-15-10-13(21)5-6-14(15)22)29-18(26)8-4-12-3-7-16(30-20(23)24)17(9-12)28-2/h3-11,20H,1-2H3,(H,25,27)/b8-4+. The number of halogens is 4. The van der Waals surface area contributed by atoms with Gasteiger partial charge in [0.1, 0.15) is 11.6 Å². The van der Waals surface area contributed by atoms with Crippen molar-refractivity contribution in [1.82, 2.24) is 0 Å². The average molecular weight is 427 g/mol. The van der Waals surface area contributed by atoms with Crippen molar-refractivity contribution >= 4 is 23.6 Å². The highest BCUT2D eigenvalue weighted by atomic mass is 19.3. The van der Waals surface area contributed by atoms with E-state index in [2.05, 4.69) is 10.1 Å². The van der Waals surface area contributed by atoms with Gasteiger partial charge in [-0.25, -0.2) is 13.6 Å². The molecular formula is C20H17F4NO5. The van der Waals surface area contributed by atoms with Crippen LogP contribution in [0.1, 0.15) is 12.5 Å². The van der Waals surface area contributed by atoms with Gasteiger partial charge in [-0.1, -0.05) is 6.07 Å². The van der Waals surface area contributed by atoms with Gasteiger partial charge in [0.05, 0.1) is 12.8 Å². The van der Waals surface area contributed by atoms with E-state index in [0.29, 0.717) is 5.56 Å². The van der Waals surface area contributed by atoms with E-state index >= 15 is 0 Å². The molecule has 0 aliphatic rings. The fourth-order valence-corrected chi connectivity index (χ4v) is 2.24. The number of carbonyl (C=O) groups is 2. The van der Waals surface area contributed by atoms with Crippen molar-refractivity contribution in [3.63, 3.8) is 0 Å². The molecule has 0 radical (unpaired) electrons. The number of amides is 1. The summed E-state index contributed by atoms with van der Waals surface area (Å²) in [6.45, 7) is -1.78. The lowest BCUT2D eigenvalue weighted by atomic mass is 10.2. The highest BCUT2D eigenvalue weighted by Crippen LogP contribution is 2.29. The summed E-state index contributed by atoms with van der Waals surface area (Å²) in [6.07, 6.45) is 0.990. The number of anilines is 1. The van der Waals surface area contributed by atoms with Gasteiger partial charge < -0.3 is 19.5 Å². The highest BCUT2D eigenvalue weighted by molar-refractivity contribution is 5.96. The van der Waals surface area contributed by atoms with Crippen LogP contribution in [-0.2, 0) is 14.3 Å². The zero-order valence-corrected chi connectivity index (χ0v) is 15.8. The van der Waals surface area contributed by atoms with Gasteiger partial charge in [0.2, 0.25) is 0 Å². The van der Waals surface area contributed by atoms with E-state index < -0.39 is 41.9 Å². The first-order valence-corrected chi connectivity index (χ1v) is 8.47. The Hall–Kier alpha value is -3.56. The summed E-state index contributed by atoms with van der Waals surface area (Å²) in [7, 11) is 1.26. The van der Waals surface area contributed by atoms with Crippen molar-refractivity contribution in [2.24, 2.45) is 0 Å². The Morgan fingerprint density at radius 3 is 2.47 bits per heavy atom. The van der Waals surface area contributed by atoms with E-state index in [0.717, 1.165) is 24.3 Å². The van der Waals surface area contributed by atoms with Crippen molar-refractivity contribution in [1.29, 1.82) is 0 Å². The van der Waals surface area contributed by atoms with Gasteiger partial charge in [-0.15, -0.1) is 0 Å². The van der Waals surface area contributed by atoms with Crippen LogP contribution in [0.4, 0.5) is 23.2 Å². The van der Waals surface area contributed by atoms with E-state index in [1.54, 1.807) is 0 Å². The van der Waals surface area contributed by atoms with Crippen LogP contribution in [-0.4, -0.2) is 31.7 Å². The summed E-state index contributed by atoms with van der Waals surface area (Å²) in [4.78, 5) is 23.9. The van der Waals surface area contributed by atoms with Crippen molar-refractivity contribution < 1.29 is 41.4 Å². The quantitative estimate of drug-likeness (QED) is 0.389. The molecule has 0 bridgehead atoms. The first kappa shape index (κ1) is 22.7. The number of rotatable bonds is 8. The minimum Gasteiger partial charge on any atom is -0.493 e. The maximum absolute atomic E-state index is 13.6. The molecule has 1 unspecified atom stereocenters. The fourth-order valence-electron chi connectivity index (χ4n) is 2.24. The summed E-state index contributed by atoms with van der Waals surface area (Å²) in [5, 5.41) is 2.12. The second-order valence-electron chi connectivity index (χ2n) is 5.81. The molecule has 0 aromatic heterocycles. The van der Waals surface area contributed by atoms with E-state index in [1.165, 1.54) is 38.3 Å². The molecule has 0 aliphatic carbocycles. The summed E-state index contributed by atoms with van der Waals surface area (Å²) in [6, 6.07) is 6.50. The molecule has 1 atom stereocenters. The predicted molar refractivity (Wildman–Crippen MR) is 99.2 cm³/mol. The lowest BCUT2D eigenvalue weighted by Crippen LogP contribution is -2.29. The normalized spacial score (nSPS) is 12.0. The third-order valence-corrected chi connectivity index (χ3v) is 3.66. The second kappa shape index (κ2) is 10.3. The molecule has 2 aromatic carbocycles. The minimum atomic E-state index is -3.02. The molecule has 6 nitrogen and oxygen atoms in total. The van der Waals surface area contributed by atoms with Gasteiger partial charge in [0, 0.05) is 12.1 Å². The number of esters is 1. The first-order chi connectivity index (χ1) is 14.2. The molecule has 10 heteroatoms. The SMILES string of the molecule is COc1cc(/C=C/C(=O)OC(C)C(=O)Nc2cc(F)ccc2F)ccc1OC(F)F. The highest BCUT2D eigenvalue weighted by Gasteiger charge is 2.18. The number of alkyl halides is 2. The average Bonchev–Trinajstić information content (AvgIpc) is 2.69. The first-order valence-electron chi connectivity index (χ1n) is 8.47. The third-order valence-electron chi connectivity index (χ3n) is 3.66. The molecule has 0 saturated carbocycles. The summed E-state index contributed by atoms with van der Waals surface area (Å²) in [5.74, 6) is -3.52. The fraction of sp³-hybridized carbons (Fsp3) is 0.200. The van der Waals surface area contributed by atoms with E-state index in [9.17, 15) is 27.2 Å². The Morgan fingerprint density at radius 1 is 1.07 bits per heavy atom. The Balaban J connectivity index is 1.98. The minimum absolute atomic E-state index is 0.0238. The number of nitrogens with one attached hydrogen (secondary N) is 1. The van der Waals surface area contributed by atoms with Crippen LogP contribution in [0.15, 0.2) is 42.5 Å². The van der Waals surface area contributed by atoms with Crippen molar-refractivity contribution in [2.75, 3.05) is 12.4 Å². The lowest BCUT2D eigenvalue weighted by Gasteiger charge is -2.13. The van der Waals surface area contributed by atoms with Gasteiger partial charge >= 0.3 is 12.6 Å². The number of hydrogen-bond donors (Lipinski definition) is 1. The van der Waals surface area contributed by atoms with E-state index in [4.69, 9.17) is 9.47 Å². The van der Waals surface area contributed by atoms with Gasteiger partial charge in [0.25, 0.3) is 5.91 Å². The van der Waals surface area contributed by atoms with Crippen LogP contribution in [0.2, 0.25) is 0 Å². The Morgan fingerprint density at radius 2 is 1.80 bits per heavy atom. The molecular weight excluding hydrogens is 410 g/mol. The maximum atomic E-state index is 13.6. The Bertz CT molecular complexity index is 949. The Labute approximate surface area is 169 Å². The summed E-state index contributed by atoms with van der Waals surface area (Å²) >= 11 is 0. The van der Waals surface area contributed by atoms with Crippen molar-refractivity contribution in [3.8, 4) is 11.5 Å². The molecule has 0 spiro atoms. The number of carbonyl (C=O) groups excluding carboxylic acids is 2. The monoisotopic (exact) mass is 427 g/mol. The van der Waals surface area contributed by atoms with Gasteiger partial charge in [0.15, 0.2) is 17.6 Å². The zero-order valence-electron chi connectivity index (χ0n) is 15.8. The number of methoxy groups -OCH3 is 1. The maximum Gasteiger partial charge on any atom is 0.387 e. The van der Waals surface area contributed by atoms with E-state index in [1.807, 2.05) is 0 Å². The van der Waals surface area contributed by atoms with Crippen LogP contribution >= 0.6 is 0 Å². The van der Waals surface area contributed by atoms with Crippen molar-refractivity contribution in [3.05, 3.63) is 59.7 Å². The molecule has 1 N–H and O–H groups in total. The number of hydrogen-bond acceptors (Lipinski definition) is 5. The topological polar surface area (TPSA) is 73.9 Å². The number of benzene rings is 2. The molecule has 1 amide bonds. The summed E-state index contributed by atoms with van der Waals surface area (Å²) < 4.78 is 65.5. The van der Waals surface area contributed by atoms with Gasteiger partial charge in [-0.05, 0) is 42.8 Å². The summed E-state index contributed by atoms with van der Waals surface area (Å²) in [5.41, 5.74) is 0.0148. The molecule has 160 valence electrons. The Kier molecular flexibility index (Phi) is 7.79. The largest absolute Gasteiger partial charge is 0.493 e. The smallest absolute Gasteiger partial charge is 0.387 e. The van der Waals surface area contributed by atoms with Gasteiger partial charge in [-0.3, -0.25) is 4.79 Å². The molecule has 2 aromatic rings. The van der Waals surface area contributed by atoms with Crippen LogP contribution in [0.25, 0.3) is 6.08 Å². The zero-order chi connectivity index (χ0) is 22.3. The molecule has 0 heterocycles.